The van der Waals surface area contributed by atoms with Crippen molar-refractivity contribution < 1.29 is 32.2 Å². The van der Waals surface area contributed by atoms with E-state index in [0.717, 1.165) is 0 Å². The average molecular weight is 254 g/mol. The van der Waals surface area contributed by atoms with Crippen molar-refractivity contribution in [2.75, 3.05) is 13.2 Å². The third-order valence-electron chi connectivity index (χ3n) is 1.53. The monoisotopic (exact) mass is 254 g/mol. The van der Waals surface area contributed by atoms with Gasteiger partial charge in [-0.15, -0.1) is 0 Å². The van der Waals surface area contributed by atoms with E-state index in [1.165, 1.54) is 6.92 Å². The lowest BCUT2D eigenvalue weighted by Gasteiger charge is -2.09. The number of ketones is 1. The van der Waals surface area contributed by atoms with Crippen molar-refractivity contribution >= 4 is 11.8 Å². The molecule has 0 radical (unpaired) electrons. The van der Waals surface area contributed by atoms with Crippen LogP contribution in [-0.4, -0.2) is 31.1 Å². The molecule has 0 saturated heterocycles. The molecule has 17 heavy (non-hydrogen) atoms. The van der Waals surface area contributed by atoms with Crippen LogP contribution >= 0.6 is 0 Å². The molecule has 0 spiro atoms. The average Bonchev–Trinajstić information content (AvgIpc) is 2.25. The first-order valence-corrected chi connectivity index (χ1v) is 4.95. The number of carbonyl (C=O) groups excluding carboxylic acids is 2. The van der Waals surface area contributed by atoms with Crippen LogP contribution in [0.15, 0.2) is 11.8 Å². The molecule has 0 aliphatic carbocycles. The maximum atomic E-state index is 12.2. The van der Waals surface area contributed by atoms with E-state index < -0.39 is 23.5 Å². The van der Waals surface area contributed by atoms with Crippen molar-refractivity contribution in [3.8, 4) is 0 Å². The summed E-state index contributed by atoms with van der Waals surface area (Å²) < 4.78 is 45.5. The smallest absolute Gasteiger partial charge is 0.455 e. The van der Waals surface area contributed by atoms with Gasteiger partial charge in [0, 0.05) is 0 Å². The summed E-state index contributed by atoms with van der Waals surface area (Å²) in [4.78, 5) is 22.1. The number of Topliss-reactive ketones (excluding diaryl/α,β-unsaturated/α-hetero) is 1. The molecule has 0 fully saturated rings. The second-order valence-electron chi connectivity index (χ2n) is 2.95. The van der Waals surface area contributed by atoms with E-state index in [1.807, 2.05) is 0 Å². The van der Waals surface area contributed by atoms with Gasteiger partial charge in [-0.3, -0.25) is 4.79 Å². The lowest BCUT2D eigenvalue weighted by Crippen LogP contribution is -2.29. The molecule has 7 heteroatoms. The fraction of sp³-hybridized carbons (Fsp3) is 0.600. The highest BCUT2D eigenvalue weighted by atomic mass is 19.4. The van der Waals surface area contributed by atoms with Crippen LogP contribution in [0.25, 0.3) is 0 Å². The zero-order valence-electron chi connectivity index (χ0n) is 9.47. The quantitative estimate of drug-likeness (QED) is 0.239. The molecule has 0 aliphatic rings. The number of hydrogen-bond acceptors (Lipinski definition) is 4. The second kappa shape index (κ2) is 6.93. The highest BCUT2D eigenvalue weighted by Gasteiger charge is 2.44. The van der Waals surface area contributed by atoms with Crippen LogP contribution in [0.1, 0.15) is 20.3 Å². The molecule has 0 aliphatic heterocycles. The third-order valence-corrected chi connectivity index (χ3v) is 1.53. The Bertz CT molecular complexity index is 307. The predicted molar refractivity (Wildman–Crippen MR) is 52.0 cm³/mol. The number of ether oxygens (including phenoxy) is 2. The van der Waals surface area contributed by atoms with Gasteiger partial charge >= 0.3 is 12.1 Å². The van der Waals surface area contributed by atoms with E-state index in [9.17, 15) is 22.8 Å². The fourth-order valence-electron chi connectivity index (χ4n) is 0.786. The summed E-state index contributed by atoms with van der Waals surface area (Å²) in [6.45, 7) is 3.15. The van der Waals surface area contributed by atoms with Gasteiger partial charge in [0.15, 0.2) is 0 Å². The Balaban J connectivity index is 4.89. The van der Waals surface area contributed by atoms with Crippen LogP contribution in [0.3, 0.4) is 0 Å². The predicted octanol–water partition coefficient (Wildman–Crippen LogP) is 1.99. The van der Waals surface area contributed by atoms with Gasteiger partial charge in [0.2, 0.25) is 0 Å². The van der Waals surface area contributed by atoms with E-state index in [4.69, 9.17) is 0 Å². The molecule has 0 rings (SSSR count). The molecule has 0 aromatic heterocycles. The van der Waals surface area contributed by atoms with Gasteiger partial charge in [-0.2, -0.15) is 13.2 Å². The first-order chi connectivity index (χ1) is 7.84. The zero-order chi connectivity index (χ0) is 13.5. The second-order valence-corrected chi connectivity index (χ2v) is 2.95. The molecule has 0 heterocycles. The summed E-state index contributed by atoms with van der Waals surface area (Å²) >= 11 is 0. The molecule has 98 valence electrons. The molecule has 4 nitrogen and oxygen atoms in total. The van der Waals surface area contributed by atoms with Crippen LogP contribution < -0.4 is 0 Å². The first-order valence-electron chi connectivity index (χ1n) is 4.95. The topological polar surface area (TPSA) is 52.6 Å². The molecule has 0 unspecified atom stereocenters. The van der Waals surface area contributed by atoms with Crippen molar-refractivity contribution in [3.05, 3.63) is 11.8 Å². The molecule has 0 atom stereocenters. The summed E-state index contributed by atoms with van der Waals surface area (Å²) in [7, 11) is 0. The van der Waals surface area contributed by atoms with Gasteiger partial charge in [-0.1, -0.05) is 6.92 Å². The maximum Gasteiger partial charge on any atom is 0.455 e. The van der Waals surface area contributed by atoms with Crippen LogP contribution in [0.4, 0.5) is 13.2 Å². The Hall–Kier alpha value is -1.53. The molecular weight excluding hydrogens is 241 g/mol. The standard InChI is InChI=1S/C10H13F3O4/c1-3-5-17-9(15)7(6-16-4-2)8(14)10(11,12)13/h6H,3-5H2,1-2H3/b7-6-. The lowest BCUT2D eigenvalue weighted by atomic mass is 10.2. The summed E-state index contributed by atoms with van der Waals surface area (Å²) in [6.07, 6.45) is -4.21. The minimum atomic E-state index is -5.13. The molecule has 0 bridgehead atoms. The fourth-order valence-corrected chi connectivity index (χ4v) is 0.786. The number of carbonyl (C=O) groups is 2. The SMILES string of the molecule is CCCOC(=O)/C(=C\OCC)C(=O)C(F)(F)F. The van der Waals surface area contributed by atoms with Gasteiger partial charge in [-0.25, -0.2) is 4.79 Å². The van der Waals surface area contributed by atoms with Gasteiger partial charge < -0.3 is 9.47 Å². The van der Waals surface area contributed by atoms with Crippen LogP contribution in [0, 0.1) is 0 Å². The van der Waals surface area contributed by atoms with Crippen molar-refractivity contribution in [2.24, 2.45) is 0 Å². The molecule has 0 amide bonds. The van der Waals surface area contributed by atoms with E-state index >= 15 is 0 Å². The molecular formula is C10H13F3O4. The minimum absolute atomic E-state index is 0.0374. The van der Waals surface area contributed by atoms with Gasteiger partial charge in [-0.05, 0) is 13.3 Å². The van der Waals surface area contributed by atoms with Gasteiger partial charge in [0.1, 0.15) is 11.8 Å². The summed E-state index contributed by atoms with van der Waals surface area (Å²) in [6, 6.07) is 0. The Morgan fingerprint density at radius 1 is 1.24 bits per heavy atom. The van der Waals surface area contributed by atoms with Crippen molar-refractivity contribution in [3.63, 3.8) is 0 Å². The molecule has 0 aromatic rings. The maximum absolute atomic E-state index is 12.2. The van der Waals surface area contributed by atoms with E-state index in [2.05, 4.69) is 9.47 Å². The lowest BCUT2D eigenvalue weighted by molar-refractivity contribution is -0.169. The van der Waals surface area contributed by atoms with Crippen LogP contribution in [0.2, 0.25) is 0 Å². The third kappa shape index (κ3) is 5.37. The Morgan fingerprint density at radius 2 is 1.82 bits per heavy atom. The summed E-state index contributed by atoms with van der Waals surface area (Å²) in [5.41, 5.74) is -1.15. The Morgan fingerprint density at radius 3 is 2.24 bits per heavy atom. The molecule has 0 N–H and O–H groups in total. The largest absolute Gasteiger partial charge is 0.500 e. The number of rotatable bonds is 6. The molecule has 0 aromatic carbocycles. The number of esters is 1. The van der Waals surface area contributed by atoms with Crippen molar-refractivity contribution in [2.45, 2.75) is 26.4 Å². The first kappa shape index (κ1) is 15.5. The number of hydrogen-bond donors (Lipinski definition) is 0. The van der Waals surface area contributed by atoms with Crippen LogP contribution in [0.5, 0.6) is 0 Å². The number of halogens is 3. The van der Waals surface area contributed by atoms with E-state index in [1.54, 1.807) is 6.92 Å². The Kier molecular flexibility index (Phi) is 6.30. The van der Waals surface area contributed by atoms with Crippen LogP contribution in [-0.2, 0) is 19.1 Å². The van der Waals surface area contributed by atoms with Gasteiger partial charge in [0.05, 0.1) is 13.2 Å². The normalized spacial score (nSPS) is 12.2. The van der Waals surface area contributed by atoms with Crippen molar-refractivity contribution in [1.29, 1.82) is 0 Å². The summed E-state index contributed by atoms with van der Waals surface area (Å²) in [5.74, 6) is -3.60. The van der Waals surface area contributed by atoms with E-state index in [0.29, 0.717) is 12.7 Å². The minimum Gasteiger partial charge on any atom is -0.500 e. The highest BCUT2D eigenvalue weighted by molar-refractivity contribution is 6.19. The highest BCUT2D eigenvalue weighted by Crippen LogP contribution is 2.21. The molecule has 0 saturated carbocycles. The van der Waals surface area contributed by atoms with Gasteiger partial charge in [0.25, 0.3) is 5.78 Å². The Labute approximate surface area is 96.4 Å². The van der Waals surface area contributed by atoms with Crippen molar-refractivity contribution in [1.82, 2.24) is 0 Å². The summed E-state index contributed by atoms with van der Waals surface area (Å²) in [5, 5.41) is 0. The number of alkyl halides is 3. The van der Waals surface area contributed by atoms with E-state index in [-0.39, 0.29) is 13.2 Å². The zero-order valence-corrected chi connectivity index (χ0v) is 9.47.